The van der Waals surface area contributed by atoms with Crippen LogP contribution in [-0.2, 0) is 0 Å². The first-order chi connectivity index (χ1) is 8.99. The molecule has 0 aliphatic heterocycles. The molecule has 3 N–H and O–H groups in total. The molecule has 19 heavy (non-hydrogen) atoms. The summed E-state index contributed by atoms with van der Waals surface area (Å²) in [5.74, 6) is 0. The molecule has 6 heteroatoms. The van der Waals surface area contributed by atoms with Gasteiger partial charge in [-0.3, -0.25) is 0 Å². The van der Waals surface area contributed by atoms with E-state index in [1.807, 2.05) is 30.3 Å². The van der Waals surface area contributed by atoms with E-state index in [4.69, 9.17) is 29.6 Å². The van der Waals surface area contributed by atoms with Gasteiger partial charge in [0.1, 0.15) is 4.99 Å². The highest BCUT2D eigenvalue weighted by Crippen LogP contribution is 2.35. The Bertz CT molecular complexity index is 626. The molecule has 98 valence electrons. The van der Waals surface area contributed by atoms with Gasteiger partial charge in [-0.25, -0.2) is 0 Å². The fraction of sp³-hybridized carbons (Fsp3) is 0. The van der Waals surface area contributed by atoms with Crippen LogP contribution in [0.4, 0.5) is 11.4 Å². The fourth-order valence-corrected chi connectivity index (χ4v) is 3.07. The molecule has 0 atom stereocenters. The van der Waals surface area contributed by atoms with E-state index in [2.05, 4.69) is 37.2 Å². The summed E-state index contributed by atoms with van der Waals surface area (Å²) in [6.45, 7) is 0. The van der Waals surface area contributed by atoms with E-state index in [9.17, 15) is 0 Å². The topological polar surface area (TPSA) is 38.0 Å². The number of anilines is 2. The van der Waals surface area contributed by atoms with Crippen molar-refractivity contribution in [1.82, 2.24) is 0 Å². The molecule has 0 unspecified atom stereocenters. The van der Waals surface area contributed by atoms with E-state index in [0.29, 0.717) is 10.0 Å². The lowest BCUT2D eigenvalue weighted by Crippen LogP contribution is -2.09. The molecule has 0 saturated heterocycles. The maximum atomic E-state index is 6.22. The molecule has 2 aromatic carbocycles. The Morgan fingerprint density at radius 2 is 1.79 bits per heavy atom. The van der Waals surface area contributed by atoms with Gasteiger partial charge in [-0.2, -0.15) is 0 Å². The largest absolute Gasteiger partial charge is 0.389 e. The van der Waals surface area contributed by atoms with E-state index < -0.39 is 0 Å². The molecule has 0 fully saturated rings. The lowest BCUT2D eigenvalue weighted by Gasteiger charge is -2.12. The van der Waals surface area contributed by atoms with Crippen LogP contribution in [0.1, 0.15) is 5.56 Å². The van der Waals surface area contributed by atoms with Gasteiger partial charge in [0.05, 0.1) is 16.4 Å². The summed E-state index contributed by atoms with van der Waals surface area (Å²) < 4.78 is 1.88. The number of halogens is 3. The van der Waals surface area contributed by atoms with Crippen LogP contribution in [-0.4, -0.2) is 4.99 Å². The molecule has 0 aromatic heterocycles. The summed E-state index contributed by atoms with van der Waals surface area (Å²) in [5, 5.41) is 3.83. The predicted molar refractivity (Wildman–Crippen MR) is 92.5 cm³/mol. The molecule has 0 amide bonds. The third-order valence-corrected chi connectivity index (χ3v) is 4.35. The lowest BCUT2D eigenvalue weighted by molar-refractivity contribution is 1.49. The van der Waals surface area contributed by atoms with Crippen molar-refractivity contribution in [3.63, 3.8) is 0 Å². The summed E-state index contributed by atoms with van der Waals surface area (Å²) in [4.78, 5) is 0.329. The van der Waals surface area contributed by atoms with Crippen molar-refractivity contribution >= 4 is 72.0 Å². The second kappa shape index (κ2) is 6.22. The van der Waals surface area contributed by atoms with E-state index in [1.54, 1.807) is 6.07 Å². The number of rotatable bonds is 3. The van der Waals surface area contributed by atoms with E-state index in [-0.39, 0.29) is 0 Å². The van der Waals surface area contributed by atoms with Gasteiger partial charge < -0.3 is 11.1 Å². The molecule has 0 heterocycles. The zero-order chi connectivity index (χ0) is 14.0. The average Bonchev–Trinajstić information content (AvgIpc) is 2.35. The van der Waals surface area contributed by atoms with Gasteiger partial charge in [0.2, 0.25) is 0 Å². The van der Waals surface area contributed by atoms with Gasteiger partial charge >= 0.3 is 0 Å². The fourth-order valence-electron chi connectivity index (χ4n) is 1.52. The minimum atomic E-state index is 0.329. The first-order valence-corrected chi connectivity index (χ1v) is 7.66. The van der Waals surface area contributed by atoms with Gasteiger partial charge in [0.15, 0.2) is 0 Å². The first-order valence-electron chi connectivity index (χ1n) is 5.29. The van der Waals surface area contributed by atoms with Crippen LogP contribution < -0.4 is 11.1 Å². The van der Waals surface area contributed by atoms with Crippen LogP contribution in [0.3, 0.4) is 0 Å². The van der Waals surface area contributed by atoms with Crippen LogP contribution in [0, 0.1) is 0 Å². The molecule has 0 saturated carbocycles. The molecular weight excluding hydrogens is 411 g/mol. The van der Waals surface area contributed by atoms with Crippen LogP contribution in [0.15, 0.2) is 45.3 Å². The van der Waals surface area contributed by atoms with Crippen molar-refractivity contribution in [2.24, 2.45) is 5.73 Å². The minimum Gasteiger partial charge on any atom is -0.389 e. The highest BCUT2D eigenvalue weighted by molar-refractivity contribution is 9.11. The van der Waals surface area contributed by atoms with Crippen molar-refractivity contribution in [2.75, 3.05) is 5.32 Å². The first kappa shape index (κ1) is 14.8. The van der Waals surface area contributed by atoms with Gasteiger partial charge in [-0.1, -0.05) is 29.9 Å². The zero-order valence-corrected chi connectivity index (χ0v) is 14.3. The Hall–Kier alpha value is -0.620. The zero-order valence-electron chi connectivity index (χ0n) is 9.58. The normalized spacial score (nSPS) is 10.3. The highest BCUT2D eigenvalue weighted by Gasteiger charge is 2.08. The Kier molecular flexibility index (Phi) is 4.84. The number of benzene rings is 2. The van der Waals surface area contributed by atoms with E-state index >= 15 is 0 Å². The molecule has 0 aliphatic rings. The summed E-state index contributed by atoms with van der Waals surface area (Å²) in [6.07, 6.45) is 0. The van der Waals surface area contributed by atoms with Crippen molar-refractivity contribution in [2.45, 2.75) is 0 Å². The molecule has 0 radical (unpaired) electrons. The van der Waals surface area contributed by atoms with Crippen LogP contribution in [0.25, 0.3) is 0 Å². The van der Waals surface area contributed by atoms with Gasteiger partial charge in [-0.05, 0) is 62.2 Å². The second-order valence-electron chi connectivity index (χ2n) is 3.78. The number of para-hydroxylation sites is 1. The van der Waals surface area contributed by atoms with Crippen LogP contribution in [0.2, 0.25) is 5.02 Å². The highest BCUT2D eigenvalue weighted by atomic mass is 79.9. The third-order valence-electron chi connectivity index (χ3n) is 2.48. The molecule has 2 aromatic rings. The van der Waals surface area contributed by atoms with Crippen molar-refractivity contribution < 1.29 is 0 Å². The molecule has 2 rings (SSSR count). The number of hydrogen-bond donors (Lipinski definition) is 2. The van der Waals surface area contributed by atoms with Crippen LogP contribution >= 0.6 is 55.7 Å². The molecule has 0 bridgehead atoms. The maximum absolute atomic E-state index is 6.22. The van der Waals surface area contributed by atoms with Crippen LogP contribution in [0.5, 0.6) is 0 Å². The molecule has 2 nitrogen and oxygen atoms in total. The number of nitrogens with one attached hydrogen (secondary N) is 1. The number of thiocarbonyl (C=S) groups is 1. The van der Waals surface area contributed by atoms with Gasteiger partial charge in [0, 0.05) is 14.5 Å². The number of nitrogens with two attached hydrogens (primary N) is 1. The Morgan fingerprint density at radius 3 is 2.32 bits per heavy atom. The average molecular weight is 421 g/mol. The van der Waals surface area contributed by atoms with Gasteiger partial charge in [0.25, 0.3) is 0 Å². The summed E-state index contributed by atoms with van der Waals surface area (Å²) >= 11 is 18.1. The van der Waals surface area contributed by atoms with Gasteiger partial charge in [-0.15, -0.1) is 0 Å². The quantitative estimate of drug-likeness (QED) is 0.667. The van der Waals surface area contributed by atoms with Crippen molar-refractivity contribution in [3.8, 4) is 0 Å². The standard InChI is InChI=1S/C13H9Br2ClN2S/c14-8-2-1-3-9(15)12(8)18-11-5-4-7(13(17)19)6-10(11)16/h1-6,18H,(H2,17,19). The van der Waals surface area contributed by atoms with Crippen molar-refractivity contribution in [1.29, 1.82) is 0 Å². The van der Waals surface area contributed by atoms with Crippen molar-refractivity contribution in [3.05, 3.63) is 55.9 Å². The minimum absolute atomic E-state index is 0.329. The smallest absolute Gasteiger partial charge is 0.104 e. The lowest BCUT2D eigenvalue weighted by atomic mass is 10.2. The van der Waals surface area contributed by atoms with E-state index in [1.165, 1.54) is 0 Å². The SMILES string of the molecule is NC(=S)c1ccc(Nc2c(Br)cccc2Br)c(Cl)c1. The summed E-state index contributed by atoms with van der Waals surface area (Å²) in [7, 11) is 0. The predicted octanol–water partition coefficient (Wildman–Crippen LogP) is 5.24. The monoisotopic (exact) mass is 418 g/mol. The molecule has 0 aliphatic carbocycles. The Labute approximate surface area is 138 Å². The number of hydrogen-bond acceptors (Lipinski definition) is 2. The Morgan fingerprint density at radius 1 is 1.16 bits per heavy atom. The Balaban J connectivity index is 2.36. The molecule has 0 spiro atoms. The second-order valence-corrected chi connectivity index (χ2v) is 6.34. The maximum Gasteiger partial charge on any atom is 0.104 e. The summed E-state index contributed by atoms with van der Waals surface area (Å²) in [5.41, 5.74) is 8.01. The summed E-state index contributed by atoms with van der Waals surface area (Å²) in [6, 6.07) is 11.3. The van der Waals surface area contributed by atoms with E-state index in [0.717, 1.165) is 25.9 Å². The molecular formula is C13H9Br2ClN2S. The third kappa shape index (κ3) is 3.48.